The number of para-hydroxylation sites is 2. The number of hydrogen-bond acceptors (Lipinski definition) is 3. The van der Waals surface area contributed by atoms with Gasteiger partial charge in [0.15, 0.2) is 7.14 Å². The van der Waals surface area contributed by atoms with Crippen LogP contribution < -0.4 is 15.9 Å². The van der Waals surface area contributed by atoms with Gasteiger partial charge in [0.2, 0.25) is 0 Å². The fraction of sp³-hybridized carbons (Fsp3) is 0. The highest BCUT2D eigenvalue weighted by Crippen LogP contribution is 2.45. The van der Waals surface area contributed by atoms with Crippen LogP contribution in [0.1, 0.15) is 0 Å². The minimum absolute atomic E-state index is 0.737. The summed E-state index contributed by atoms with van der Waals surface area (Å²) in [6.07, 6.45) is 1.79. The Balaban J connectivity index is 1.47. The average Bonchev–Trinajstić information content (AvgIpc) is 3.48. The van der Waals surface area contributed by atoms with Crippen LogP contribution in [0.4, 0.5) is 0 Å². The van der Waals surface area contributed by atoms with Gasteiger partial charge in [-0.25, -0.2) is 4.98 Å². The molecule has 1 unspecified atom stereocenters. The Labute approximate surface area is 247 Å². The number of pyridine rings is 2. The molecule has 0 amide bonds. The van der Waals surface area contributed by atoms with Gasteiger partial charge >= 0.3 is 0 Å². The van der Waals surface area contributed by atoms with Gasteiger partial charge in [0.05, 0.1) is 16.6 Å². The maximum absolute atomic E-state index is 15.8. The van der Waals surface area contributed by atoms with Gasteiger partial charge in [0.25, 0.3) is 0 Å². The minimum Gasteiger partial charge on any atom is -0.309 e. The Kier molecular flexibility index (Phi) is 5.14. The Morgan fingerprint density at radius 1 is 0.558 bits per heavy atom. The number of aromatic nitrogens is 3. The fourth-order valence-electron chi connectivity index (χ4n) is 6.71. The lowest BCUT2D eigenvalue weighted by Gasteiger charge is -2.20. The van der Waals surface area contributed by atoms with Gasteiger partial charge in [-0.05, 0) is 58.6 Å². The maximum Gasteiger partial charge on any atom is 0.173 e. The smallest absolute Gasteiger partial charge is 0.173 e. The first-order chi connectivity index (χ1) is 21.2. The zero-order chi connectivity index (χ0) is 28.5. The molecule has 0 radical (unpaired) electrons. The van der Waals surface area contributed by atoms with E-state index < -0.39 is 7.14 Å². The van der Waals surface area contributed by atoms with Gasteiger partial charge in [-0.1, -0.05) is 97.1 Å². The van der Waals surface area contributed by atoms with Crippen LogP contribution in [0.5, 0.6) is 0 Å². The van der Waals surface area contributed by atoms with Crippen molar-refractivity contribution in [3.63, 3.8) is 0 Å². The van der Waals surface area contributed by atoms with Gasteiger partial charge < -0.3 is 4.57 Å². The lowest BCUT2D eigenvalue weighted by Crippen LogP contribution is -2.25. The predicted octanol–water partition coefficient (Wildman–Crippen LogP) is 8.13. The highest BCUT2D eigenvalue weighted by Gasteiger charge is 2.33. The van der Waals surface area contributed by atoms with Crippen molar-refractivity contribution in [3.05, 3.63) is 146 Å². The van der Waals surface area contributed by atoms with E-state index in [0.29, 0.717) is 0 Å². The summed E-state index contributed by atoms with van der Waals surface area (Å²) in [6, 6.07) is 47.2. The van der Waals surface area contributed by atoms with Crippen LogP contribution in [-0.2, 0) is 4.57 Å². The number of hydrogen-bond donors (Lipinski definition) is 0. The topological polar surface area (TPSA) is 47.3 Å². The Morgan fingerprint density at radius 3 is 2.23 bits per heavy atom. The third kappa shape index (κ3) is 3.42. The summed E-state index contributed by atoms with van der Waals surface area (Å²) >= 11 is 0. The summed E-state index contributed by atoms with van der Waals surface area (Å²) in [4.78, 5) is 9.91. The maximum atomic E-state index is 15.8. The van der Waals surface area contributed by atoms with E-state index in [4.69, 9.17) is 4.98 Å². The lowest BCUT2D eigenvalue weighted by atomic mass is 10.00. The van der Waals surface area contributed by atoms with E-state index >= 15 is 4.57 Å². The van der Waals surface area contributed by atoms with Gasteiger partial charge in [-0.15, -0.1) is 0 Å². The Hall–Kier alpha value is -5.31. The first kappa shape index (κ1) is 24.3. The number of imidazole rings is 1. The summed E-state index contributed by atoms with van der Waals surface area (Å²) < 4.78 is 18.1. The van der Waals surface area contributed by atoms with Crippen molar-refractivity contribution in [2.75, 3.05) is 0 Å². The molecule has 5 heteroatoms. The second kappa shape index (κ2) is 9.09. The number of benzene rings is 6. The highest BCUT2D eigenvalue weighted by atomic mass is 31.2. The summed E-state index contributed by atoms with van der Waals surface area (Å²) in [5.74, 6) is 0. The van der Waals surface area contributed by atoms with E-state index in [-0.39, 0.29) is 0 Å². The van der Waals surface area contributed by atoms with Crippen LogP contribution in [0.2, 0.25) is 0 Å². The molecule has 3 heterocycles. The molecule has 9 rings (SSSR count). The third-order valence-corrected chi connectivity index (χ3v) is 11.7. The molecular weight excluding hydrogens is 545 g/mol. The number of rotatable bonds is 3. The molecule has 0 aliphatic heterocycles. The van der Waals surface area contributed by atoms with Crippen LogP contribution in [-0.4, -0.2) is 14.4 Å². The average molecular weight is 570 g/mol. The zero-order valence-electron chi connectivity index (χ0n) is 23.1. The van der Waals surface area contributed by atoms with Crippen LogP contribution in [0.3, 0.4) is 0 Å². The van der Waals surface area contributed by atoms with Gasteiger partial charge in [0.1, 0.15) is 11.2 Å². The van der Waals surface area contributed by atoms with Crippen molar-refractivity contribution >= 4 is 83.1 Å². The molecule has 9 aromatic rings. The second-order valence-electron chi connectivity index (χ2n) is 11.0. The van der Waals surface area contributed by atoms with E-state index in [1.54, 1.807) is 6.20 Å². The van der Waals surface area contributed by atoms with E-state index in [1.165, 1.54) is 5.39 Å². The molecule has 0 aliphatic rings. The number of fused-ring (bicyclic) bond motifs is 11. The van der Waals surface area contributed by atoms with Crippen LogP contribution >= 0.6 is 7.14 Å². The molecule has 4 nitrogen and oxygen atoms in total. The van der Waals surface area contributed by atoms with Crippen LogP contribution in [0, 0.1) is 0 Å². The van der Waals surface area contributed by atoms with Crippen molar-refractivity contribution in [2.45, 2.75) is 0 Å². The summed E-state index contributed by atoms with van der Waals surface area (Å²) in [5, 5.41) is 8.99. The van der Waals surface area contributed by atoms with Crippen molar-refractivity contribution in [1.29, 1.82) is 0 Å². The van der Waals surface area contributed by atoms with Crippen molar-refractivity contribution < 1.29 is 4.57 Å². The van der Waals surface area contributed by atoms with Gasteiger partial charge in [0, 0.05) is 38.3 Å². The molecular formula is C38H24N3OP. The largest absolute Gasteiger partial charge is 0.309 e. The second-order valence-corrected chi connectivity index (χ2v) is 13.7. The van der Waals surface area contributed by atoms with E-state index in [9.17, 15) is 0 Å². The molecule has 0 fully saturated rings. The molecule has 0 aliphatic carbocycles. The number of nitrogens with zero attached hydrogens (tertiary/aromatic N) is 3. The van der Waals surface area contributed by atoms with E-state index in [2.05, 4.69) is 76.1 Å². The first-order valence-corrected chi connectivity index (χ1v) is 16.1. The third-order valence-electron chi connectivity index (χ3n) is 8.66. The quantitative estimate of drug-likeness (QED) is 0.159. The van der Waals surface area contributed by atoms with E-state index in [1.807, 2.05) is 72.8 Å². The van der Waals surface area contributed by atoms with Crippen LogP contribution in [0.15, 0.2) is 146 Å². The summed E-state index contributed by atoms with van der Waals surface area (Å²) in [5.41, 5.74) is 4.52. The fourth-order valence-corrected chi connectivity index (χ4v) is 9.52. The molecule has 0 saturated heterocycles. The standard InChI is InChI=1S/C38H24N3OP/c42-43(27-12-2-1-3-13-27,28-20-22-32-26(24-28)11-9-23-39-32)35-18-8-17-34-37(35)40-38-36-29-14-5-4-10-25(29)19-21-31(36)30-15-6-7-16-33(30)41(34)38/h1-24H. The summed E-state index contributed by atoms with van der Waals surface area (Å²) in [7, 11) is -3.35. The molecule has 3 aromatic heterocycles. The monoisotopic (exact) mass is 569 g/mol. The Morgan fingerprint density at radius 2 is 1.33 bits per heavy atom. The minimum atomic E-state index is -3.35. The Bertz CT molecular complexity index is 2610. The van der Waals surface area contributed by atoms with Crippen molar-refractivity contribution in [2.24, 2.45) is 0 Å². The zero-order valence-corrected chi connectivity index (χ0v) is 23.9. The van der Waals surface area contributed by atoms with Gasteiger partial charge in [-0.2, -0.15) is 0 Å². The summed E-state index contributed by atoms with van der Waals surface area (Å²) in [6.45, 7) is 0. The van der Waals surface area contributed by atoms with Crippen LogP contribution in [0.25, 0.3) is 60.0 Å². The molecule has 1 atom stereocenters. The SMILES string of the molecule is O=P(c1ccccc1)(c1ccc2ncccc2c1)c1cccc2c1nc1c3c4ccccc4ccc3c3ccccc3n21. The molecule has 6 aromatic carbocycles. The van der Waals surface area contributed by atoms with Crippen molar-refractivity contribution in [1.82, 2.24) is 14.4 Å². The molecule has 0 saturated carbocycles. The highest BCUT2D eigenvalue weighted by molar-refractivity contribution is 7.85. The molecule has 43 heavy (non-hydrogen) atoms. The molecule has 202 valence electrons. The van der Waals surface area contributed by atoms with Gasteiger partial charge in [-0.3, -0.25) is 9.38 Å². The van der Waals surface area contributed by atoms with Crippen molar-refractivity contribution in [3.8, 4) is 0 Å². The lowest BCUT2D eigenvalue weighted by molar-refractivity contribution is 0.592. The molecule has 0 bridgehead atoms. The normalized spacial score (nSPS) is 13.4. The molecule has 0 spiro atoms. The van der Waals surface area contributed by atoms with E-state index in [0.717, 1.165) is 70.6 Å². The predicted molar refractivity (Wildman–Crippen MR) is 180 cm³/mol. The first-order valence-electron chi connectivity index (χ1n) is 14.4. The molecule has 0 N–H and O–H groups in total.